The summed E-state index contributed by atoms with van der Waals surface area (Å²) in [5.41, 5.74) is 3.19. The molecule has 2 aromatic carbocycles. The number of anilines is 1. The lowest BCUT2D eigenvalue weighted by Crippen LogP contribution is -2.49. The van der Waals surface area contributed by atoms with E-state index >= 15 is 0 Å². The number of hydrogen-bond donors (Lipinski definition) is 2. The zero-order valence-corrected chi connectivity index (χ0v) is 19.3. The van der Waals surface area contributed by atoms with Crippen molar-refractivity contribution in [2.75, 3.05) is 5.32 Å². The van der Waals surface area contributed by atoms with Crippen LogP contribution >= 0.6 is 11.3 Å². The number of ketones is 1. The van der Waals surface area contributed by atoms with Gasteiger partial charge >= 0.3 is 5.97 Å². The highest BCUT2D eigenvalue weighted by Crippen LogP contribution is 2.41. The second-order valence-corrected chi connectivity index (χ2v) is 10.0. The zero-order chi connectivity index (χ0) is 23.0. The number of Topliss-reactive ketones (excluding diaryl/α,β-unsaturated/α-hetero) is 1. The van der Waals surface area contributed by atoms with Gasteiger partial charge in [-0.15, -0.1) is 0 Å². The summed E-state index contributed by atoms with van der Waals surface area (Å²) in [6.07, 6.45) is 8.35. The van der Waals surface area contributed by atoms with E-state index in [0.29, 0.717) is 24.4 Å². The maximum Gasteiger partial charge on any atom is 0.307 e. The van der Waals surface area contributed by atoms with Crippen molar-refractivity contribution in [3.05, 3.63) is 77.9 Å². The van der Waals surface area contributed by atoms with Gasteiger partial charge in [-0.2, -0.15) is 0 Å². The number of rotatable bonds is 6. The van der Waals surface area contributed by atoms with Gasteiger partial charge in [-0.3, -0.25) is 9.59 Å². The van der Waals surface area contributed by atoms with Crippen LogP contribution in [0.2, 0.25) is 0 Å². The zero-order valence-electron chi connectivity index (χ0n) is 18.5. The van der Waals surface area contributed by atoms with Gasteiger partial charge in [0.15, 0.2) is 10.9 Å². The molecule has 2 aliphatic rings. The van der Waals surface area contributed by atoms with E-state index in [9.17, 15) is 14.7 Å². The summed E-state index contributed by atoms with van der Waals surface area (Å²) in [5.74, 6) is -2.05. The number of nitrogens with one attached hydrogen (secondary N) is 1. The summed E-state index contributed by atoms with van der Waals surface area (Å²) in [5, 5.41) is 13.8. The van der Waals surface area contributed by atoms with Gasteiger partial charge in [0.2, 0.25) is 0 Å². The number of aryl methyl sites for hydroxylation is 1. The van der Waals surface area contributed by atoms with E-state index in [2.05, 4.69) is 17.5 Å². The van der Waals surface area contributed by atoms with E-state index in [1.807, 2.05) is 61.5 Å². The molecule has 6 heteroatoms. The molecule has 0 bridgehead atoms. The summed E-state index contributed by atoms with van der Waals surface area (Å²) >= 11 is 1.52. The molecule has 3 atom stereocenters. The molecule has 0 saturated heterocycles. The van der Waals surface area contributed by atoms with E-state index in [1.54, 1.807) is 0 Å². The van der Waals surface area contributed by atoms with Crippen molar-refractivity contribution in [1.82, 2.24) is 4.98 Å². The molecular weight excluding hydrogens is 432 g/mol. The molecule has 5 rings (SSSR count). The van der Waals surface area contributed by atoms with Crippen LogP contribution in [0.5, 0.6) is 0 Å². The van der Waals surface area contributed by atoms with Crippen molar-refractivity contribution < 1.29 is 14.7 Å². The van der Waals surface area contributed by atoms with Gasteiger partial charge in [0.25, 0.3) is 0 Å². The Morgan fingerprint density at radius 3 is 2.64 bits per heavy atom. The van der Waals surface area contributed by atoms with Crippen LogP contribution in [0.3, 0.4) is 0 Å². The molecule has 33 heavy (non-hydrogen) atoms. The fourth-order valence-corrected chi connectivity index (χ4v) is 6.05. The Kier molecular flexibility index (Phi) is 5.62. The third-order valence-corrected chi connectivity index (χ3v) is 7.72. The van der Waals surface area contributed by atoms with Crippen LogP contribution in [-0.4, -0.2) is 27.4 Å². The second kappa shape index (κ2) is 8.60. The molecular formula is C27H26N2O3S. The summed E-state index contributed by atoms with van der Waals surface area (Å²) in [7, 11) is 0. The van der Waals surface area contributed by atoms with Gasteiger partial charge in [-0.25, -0.2) is 4.98 Å². The lowest BCUT2D eigenvalue weighted by atomic mass is 9.76. The first kappa shape index (κ1) is 21.6. The van der Waals surface area contributed by atoms with E-state index in [-0.39, 0.29) is 5.78 Å². The quantitative estimate of drug-likeness (QED) is 0.483. The molecule has 2 aliphatic carbocycles. The number of carboxylic acids is 1. The predicted molar refractivity (Wildman–Crippen MR) is 132 cm³/mol. The lowest BCUT2D eigenvalue weighted by Gasteiger charge is -2.35. The number of carboxylic acid groups (broad SMARTS) is 1. The Labute approximate surface area is 196 Å². The van der Waals surface area contributed by atoms with Crippen molar-refractivity contribution in [3.63, 3.8) is 0 Å². The van der Waals surface area contributed by atoms with Crippen molar-refractivity contribution in [2.24, 2.45) is 11.8 Å². The Bertz CT molecular complexity index is 1280. The fourth-order valence-electron chi connectivity index (χ4n) is 5.00. The molecule has 1 unspecified atom stereocenters. The number of carbonyl (C=O) groups is 2. The number of nitrogens with zero attached hydrogens (tertiary/aromatic N) is 1. The molecule has 1 fully saturated rings. The Morgan fingerprint density at radius 1 is 1.12 bits per heavy atom. The van der Waals surface area contributed by atoms with Gasteiger partial charge in [0.1, 0.15) is 5.54 Å². The number of benzene rings is 2. The van der Waals surface area contributed by atoms with Crippen molar-refractivity contribution in [1.29, 1.82) is 0 Å². The van der Waals surface area contributed by atoms with Gasteiger partial charge < -0.3 is 10.4 Å². The Morgan fingerprint density at radius 2 is 1.91 bits per heavy atom. The predicted octanol–water partition coefficient (Wildman–Crippen LogP) is 5.87. The molecule has 1 heterocycles. The third kappa shape index (κ3) is 4.11. The molecule has 0 radical (unpaired) electrons. The summed E-state index contributed by atoms with van der Waals surface area (Å²) in [6, 6.07) is 16.2. The minimum atomic E-state index is -1.01. The first-order valence-electron chi connectivity index (χ1n) is 11.3. The minimum Gasteiger partial charge on any atom is -0.481 e. The van der Waals surface area contributed by atoms with Crippen molar-refractivity contribution >= 4 is 44.0 Å². The van der Waals surface area contributed by atoms with Crippen LogP contribution in [0.15, 0.2) is 66.8 Å². The highest BCUT2D eigenvalue weighted by atomic mass is 32.1. The van der Waals surface area contributed by atoms with Gasteiger partial charge in [-0.1, -0.05) is 72.4 Å². The topological polar surface area (TPSA) is 79.3 Å². The standard InChI is InChI=1S/C27H26N2O3S/c1-17-10-11-22-23(16-17)33-26(28-22)29-27(24(30)20-8-5-9-21(20)25(31)32)14-12-19(13-15-27)18-6-3-2-4-7-18/h2-4,6-7,10-14,16,20-21H,5,8-9,15H2,1H3,(H,28,29)(H,31,32)/t20-,21-,27?/m0/s1. The fraction of sp³-hybridized carbons (Fsp3) is 0.296. The molecule has 2 N–H and O–H groups in total. The van der Waals surface area contributed by atoms with E-state index in [0.717, 1.165) is 33.3 Å². The number of fused-ring (bicyclic) bond motifs is 1. The number of allylic oxidation sites excluding steroid dienone is 2. The number of aromatic nitrogens is 1. The highest BCUT2D eigenvalue weighted by molar-refractivity contribution is 7.22. The molecule has 5 nitrogen and oxygen atoms in total. The SMILES string of the molecule is Cc1ccc2nc(NC3(C(=O)[C@H]4CCC[C@@H]4C(=O)O)C=CC(c4ccccc4)=CC3)sc2c1. The monoisotopic (exact) mass is 458 g/mol. The first-order chi connectivity index (χ1) is 15.9. The molecule has 0 spiro atoms. The van der Waals surface area contributed by atoms with Gasteiger partial charge in [0, 0.05) is 12.3 Å². The second-order valence-electron chi connectivity index (χ2n) is 9.00. The van der Waals surface area contributed by atoms with Crippen LogP contribution in [0.4, 0.5) is 5.13 Å². The molecule has 0 amide bonds. The average Bonchev–Trinajstić information content (AvgIpc) is 3.46. The number of carbonyl (C=O) groups excluding carboxylic acids is 1. The molecule has 0 aliphatic heterocycles. The normalized spacial score (nSPS) is 24.6. The van der Waals surface area contributed by atoms with Crippen LogP contribution in [0.1, 0.15) is 36.8 Å². The van der Waals surface area contributed by atoms with E-state index in [4.69, 9.17) is 4.98 Å². The van der Waals surface area contributed by atoms with Gasteiger partial charge in [-0.05, 0) is 48.6 Å². The Hall–Kier alpha value is -3.25. The summed E-state index contributed by atoms with van der Waals surface area (Å²) in [4.78, 5) is 30.5. The van der Waals surface area contributed by atoms with E-state index < -0.39 is 23.3 Å². The highest BCUT2D eigenvalue weighted by Gasteiger charge is 2.47. The average molecular weight is 459 g/mol. The maximum absolute atomic E-state index is 13.9. The minimum absolute atomic E-state index is 0.0533. The molecule has 3 aromatic rings. The molecule has 168 valence electrons. The molecule has 1 aromatic heterocycles. The number of thiazole rings is 1. The molecule has 1 saturated carbocycles. The van der Waals surface area contributed by atoms with Crippen molar-refractivity contribution in [2.45, 2.75) is 38.1 Å². The van der Waals surface area contributed by atoms with Crippen LogP contribution in [0, 0.1) is 18.8 Å². The van der Waals surface area contributed by atoms with Crippen LogP contribution in [-0.2, 0) is 9.59 Å². The van der Waals surface area contributed by atoms with Crippen LogP contribution < -0.4 is 5.32 Å². The lowest BCUT2D eigenvalue weighted by molar-refractivity contribution is -0.146. The number of aliphatic carboxylic acids is 1. The van der Waals surface area contributed by atoms with Crippen molar-refractivity contribution in [3.8, 4) is 0 Å². The Balaban J connectivity index is 1.51. The van der Waals surface area contributed by atoms with Crippen LogP contribution in [0.25, 0.3) is 15.8 Å². The van der Waals surface area contributed by atoms with E-state index in [1.165, 1.54) is 11.3 Å². The summed E-state index contributed by atoms with van der Waals surface area (Å²) in [6.45, 7) is 2.04. The summed E-state index contributed by atoms with van der Waals surface area (Å²) < 4.78 is 1.06. The number of hydrogen-bond acceptors (Lipinski definition) is 5. The largest absolute Gasteiger partial charge is 0.481 e. The van der Waals surface area contributed by atoms with Gasteiger partial charge in [0.05, 0.1) is 16.1 Å². The third-order valence-electron chi connectivity index (χ3n) is 6.78. The first-order valence-corrected chi connectivity index (χ1v) is 12.1. The maximum atomic E-state index is 13.9. The smallest absolute Gasteiger partial charge is 0.307 e.